The molecule has 1 fully saturated rings. The number of fused-ring (bicyclic) bond motifs is 1. The number of pyridine rings is 1. The standard InChI is InChI=1S/C27H40N6O2/c1-8-27(6,7)33-25(29-30-31-33)24(17(2)3)32(16-22-10-9-11-35-22)15-21-14-20-13-18(4)12-19(5)23(20)28-26(21)34/h12-14,17,22,24H,8-11,15-16H2,1-7H3,(H,28,34)/t22-,24+/m1/s1. The van der Waals surface area contributed by atoms with Crippen LogP contribution in [0.1, 0.15) is 82.4 Å². The Morgan fingerprint density at radius 3 is 2.69 bits per heavy atom. The summed E-state index contributed by atoms with van der Waals surface area (Å²) in [5, 5.41) is 14.0. The van der Waals surface area contributed by atoms with Crippen LogP contribution in [-0.2, 0) is 16.8 Å². The molecule has 0 amide bonds. The van der Waals surface area contributed by atoms with Gasteiger partial charge in [0.1, 0.15) is 0 Å². The molecule has 1 aliphatic rings. The summed E-state index contributed by atoms with van der Waals surface area (Å²) >= 11 is 0. The summed E-state index contributed by atoms with van der Waals surface area (Å²) in [5.41, 5.74) is 3.67. The van der Waals surface area contributed by atoms with Crippen LogP contribution in [0.4, 0.5) is 0 Å². The molecule has 190 valence electrons. The van der Waals surface area contributed by atoms with Gasteiger partial charge in [-0.25, -0.2) is 4.68 Å². The van der Waals surface area contributed by atoms with Crippen LogP contribution in [0, 0.1) is 19.8 Å². The molecule has 2 atom stereocenters. The molecule has 3 aromatic rings. The Bertz CT molecular complexity index is 1220. The van der Waals surface area contributed by atoms with Gasteiger partial charge in [0.2, 0.25) is 0 Å². The maximum absolute atomic E-state index is 13.2. The normalized spacial score (nSPS) is 17.7. The lowest BCUT2D eigenvalue weighted by Gasteiger charge is -2.36. The van der Waals surface area contributed by atoms with E-state index in [2.05, 4.69) is 79.1 Å². The van der Waals surface area contributed by atoms with E-state index in [-0.39, 0.29) is 29.2 Å². The fraction of sp³-hybridized carbons (Fsp3) is 0.630. The molecule has 0 aliphatic carbocycles. The number of nitrogens with one attached hydrogen (secondary N) is 1. The van der Waals surface area contributed by atoms with E-state index in [1.807, 2.05) is 17.7 Å². The van der Waals surface area contributed by atoms with Gasteiger partial charge in [-0.3, -0.25) is 9.69 Å². The number of aromatic amines is 1. The summed E-state index contributed by atoms with van der Waals surface area (Å²) in [7, 11) is 0. The molecule has 8 heteroatoms. The first-order chi connectivity index (χ1) is 16.6. The van der Waals surface area contributed by atoms with Crippen LogP contribution in [0.2, 0.25) is 0 Å². The number of ether oxygens (including phenoxy) is 1. The van der Waals surface area contributed by atoms with Crippen molar-refractivity contribution in [2.75, 3.05) is 13.2 Å². The van der Waals surface area contributed by atoms with E-state index in [1.165, 1.54) is 5.56 Å². The molecule has 0 unspecified atom stereocenters. The maximum atomic E-state index is 13.2. The van der Waals surface area contributed by atoms with Gasteiger partial charge < -0.3 is 9.72 Å². The predicted molar refractivity (Wildman–Crippen MR) is 138 cm³/mol. The molecule has 0 saturated carbocycles. The van der Waals surface area contributed by atoms with Gasteiger partial charge in [0.05, 0.1) is 23.2 Å². The van der Waals surface area contributed by atoms with Gasteiger partial charge >= 0.3 is 0 Å². The van der Waals surface area contributed by atoms with Crippen molar-refractivity contribution < 1.29 is 4.74 Å². The van der Waals surface area contributed by atoms with Gasteiger partial charge in [-0.1, -0.05) is 32.4 Å². The summed E-state index contributed by atoms with van der Waals surface area (Å²) in [6, 6.07) is 6.23. The van der Waals surface area contributed by atoms with Gasteiger partial charge in [-0.15, -0.1) is 5.10 Å². The number of tetrazole rings is 1. The van der Waals surface area contributed by atoms with Crippen molar-refractivity contribution in [3.05, 3.63) is 51.1 Å². The molecular formula is C27H40N6O2. The molecule has 1 saturated heterocycles. The highest BCUT2D eigenvalue weighted by atomic mass is 16.5. The summed E-state index contributed by atoms with van der Waals surface area (Å²) in [6.07, 6.45) is 3.15. The zero-order valence-electron chi connectivity index (χ0n) is 22.3. The quantitative estimate of drug-likeness (QED) is 0.479. The van der Waals surface area contributed by atoms with E-state index in [0.29, 0.717) is 6.54 Å². The van der Waals surface area contributed by atoms with Crippen molar-refractivity contribution in [3.63, 3.8) is 0 Å². The summed E-state index contributed by atoms with van der Waals surface area (Å²) in [6.45, 7) is 17.0. The van der Waals surface area contributed by atoms with Crippen LogP contribution in [-0.4, -0.2) is 49.3 Å². The second-order valence-corrected chi connectivity index (χ2v) is 11.0. The lowest BCUT2D eigenvalue weighted by molar-refractivity contribution is 0.0368. The highest BCUT2D eigenvalue weighted by Gasteiger charge is 2.35. The molecule has 8 nitrogen and oxygen atoms in total. The van der Waals surface area contributed by atoms with Gasteiger partial charge in [-0.2, -0.15) is 0 Å². The number of benzene rings is 1. The number of nitrogens with zero attached hydrogens (tertiary/aromatic N) is 5. The van der Waals surface area contributed by atoms with Crippen LogP contribution >= 0.6 is 0 Å². The fourth-order valence-electron chi connectivity index (χ4n) is 5.24. The van der Waals surface area contributed by atoms with Crippen LogP contribution in [0.5, 0.6) is 0 Å². The second-order valence-electron chi connectivity index (χ2n) is 11.0. The molecule has 2 aromatic heterocycles. The third-order valence-corrected chi connectivity index (χ3v) is 7.43. The molecular weight excluding hydrogens is 440 g/mol. The minimum Gasteiger partial charge on any atom is -0.377 e. The highest BCUT2D eigenvalue weighted by molar-refractivity contribution is 5.82. The lowest BCUT2D eigenvalue weighted by atomic mass is 9.97. The number of hydrogen-bond donors (Lipinski definition) is 1. The third kappa shape index (κ3) is 5.33. The largest absolute Gasteiger partial charge is 0.377 e. The van der Waals surface area contributed by atoms with E-state index in [4.69, 9.17) is 4.74 Å². The van der Waals surface area contributed by atoms with E-state index in [1.54, 1.807) is 0 Å². The van der Waals surface area contributed by atoms with Crippen LogP contribution < -0.4 is 5.56 Å². The topological polar surface area (TPSA) is 88.9 Å². The van der Waals surface area contributed by atoms with Crippen molar-refractivity contribution in [2.45, 2.75) is 92.0 Å². The Kier molecular flexibility index (Phi) is 7.43. The SMILES string of the molecule is CCC(C)(C)n1nnnc1[C@H](C(C)C)N(Cc1cc2cc(C)cc(C)c2[nH]c1=O)C[C@H]1CCCO1. The van der Waals surface area contributed by atoms with E-state index >= 15 is 0 Å². The molecule has 4 rings (SSSR count). The molecule has 1 aromatic carbocycles. The van der Waals surface area contributed by atoms with E-state index in [0.717, 1.165) is 60.3 Å². The average molecular weight is 481 g/mol. The molecule has 35 heavy (non-hydrogen) atoms. The smallest absolute Gasteiger partial charge is 0.252 e. The Morgan fingerprint density at radius 2 is 2.03 bits per heavy atom. The van der Waals surface area contributed by atoms with Crippen LogP contribution in [0.3, 0.4) is 0 Å². The number of H-pyrrole nitrogens is 1. The number of hydrogen-bond acceptors (Lipinski definition) is 6. The maximum Gasteiger partial charge on any atom is 0.252 e. The van der Waals surface area contributed by atoms with Gasteiger partial charge in [0.25, 0.3) is 5.56 Å². The first kappa shape index (κ1) is 25.5. The molecule has 1 N–H and O–H groups in total. The predicted octanol–water partition coefficient (Wildman–Crippen LogP) is 4.65. The van der Waals surface area contributed by atoms with E-state index in [9.17, 15) is 4.79 Å². The average Bonchev–Trinajstić information content (AvgIpc) is 3.47. The van der Waals surface area contributed by atoms with Crippen molar-refractivity contribution in [2.24, 2.45) is 5.92 Å². The Hall–Kier alpha value is -2.58. The van der Waals surface area contributed by atoms with Crippen molar-refractivity contribution in [3.8, 4) is 0 Å². The van der Waals surface area contributed by atoms with E-state index < -0.39 is 0 Å². The van der Waals surface area contributed by atoms with Crippen molar-refractivity contribution in [1.82, 2.24) is 30.1 Å². The molecule has 0 radical (unpaired) electrons. The summed E-state index contributed by atoms with van der Waals surface area (Å²) in [4.78, 5) is 18.7. The number of aromatic nitrogens is 5. The molecule has 3 heterocycles. The van der Waals surface area contributed by atoms with Crippen molar-refractivity contribution >= 4 is 10.9 Å². The minimum atomic E-state index is -0.211. The summed E-state index contributed by atoms with van der Waals surface area (Å²) in [5.74, 6) is 1.08. The zero-order valence-corrected chi connectivity index (χ0v) is 22.3. The first-order valence-electron chi connectivity index (χ1n) is 12.9. The number of rotatable bonds is 9. The van der Waals surface area contributed by atoms with Gasteiger partial charge in [-0.05, 0) is 86.4 Å². The first-order valence-corrected chi connectivity index (χ1v) is 12.9. The van der Waals surface area contributed by atoms with Crippen LogP contribution in [0.15, 0.2) is 23.0 Å². The molecule has 1 aliphatic heterocycles. The van der Waals surface area contributed by atoms with Crippen molar-refractivity contribution in [1.29, 1.82) is 0 Å². The number of aryl methyl sites for hydroxylation is 2. The zero-order chi connectivity index (χ0) is 25.3. The van der Waals surface area contributed by atoms with Gasteiger partial charge in [0, 0.05) is 25.3 Å². The second kappa shape index (κ2) is 10.2. The summed E-state index contributed by atoms with van der Waals surface area (Å²) < 4.78 is 8.00. The van der Waals surface area contributed by atoms with Crippen LogP contribution in [0.25, 0.3) is 10.9 Å². The Labute approximate surface area is 208 Å². The highest BCUT2D eigenvalue weighted by Crippen LogP contribution is 2.33. The molecule has 0 spiro atoms. The Morgan fingerprint density at radius 1 is 1.26 bits per heavy atom. The molecule has 0 bridgehead atoms. The monoisotopic (exact) mass is 480 g/mol. The lowest BCUT2D eigenvalue weighted by Crippen LogP contribution is -2.41. The Balaban J connectivity index is 1.78. The third-order valence-electron chi connectivity index (χ3n) is 7.43. The fourth-order valence-corrected chi connectivity index (χ4v) is 5.24. The van der Waals surface area contributed by atoms with Gasteiger partial charge in [0.15, 0.2) is 5.82 Å². The minimum absolute atomic E-state index is 0.0437.